The van der Waals surface area contributed by atoms with E-state index >= 15 is 0 Å². The van der Waals surface area contributed by atoms with Crippen LogP contribution in [0.1, 0.15) is 15.9 Å². The molecular weight excluding hydrogens is 288 g/mol. The lowest BCUT2D eigenvalue weighted by Crippen LogP contribution is -2.05. The van der Waals surface area contributed by atoms with E-state index in [4.69, 9.17) is 28.9 Å². The molecule has 0 saturated heterocycles. The molecular formula is C14H10Cl2FNO. The lowest BCUT2D eigenvalue weighted by molar-refractivity contribution is 0.0993. The third-order valence-corrected chi connectivity index (χ3v) is 3.27. The summed E-state index contributed by atoms with van der Waals surface area (Å²) in [6.45, 7) is 0. The first-order valence-electron chi connectivity index (χ1n) is 5.49. The minimum atomic E-state index is -0.544. The molecule has 5 heteroatoms. The highest BCUT2D eigenvalue weighted by molar-refractivity contribution is 6.32. The van der Waals surface area contributed by atoms with Gasteiger partial charge in [-0.3, -0.25) is 4.79 Å². The summed E-state index contributed by atoms with van der Waals surface area (Å²) in [5.41, 5.74) is 6.84. The van der Waals surface area contributed by atoms with Gasteiger partial charge in [0.1, 0.15) is 5.82 Å². The minimum Gasteiger partial charge on any atom is -0.399 e. The number of hydrogen-bond acceptors (Lipinski definition) is 2. The van der Waals surface area contributed by atoms with Crippen molar-refractivity contribution in [3.8, 4) is 0 Å². The van der Waals surface area contributed by atoms with Crippen molar-refractivity contribution in [2.45, 2.75) is 6.42 Å². The number of halogens is 3. The van der Waals surface area contributed by atoms with Crippen LogP contribution in [-0.2, 0) is 6.42 Å². The van der Waals surface area contributed by atoms with Crippen molar-refractivity contribution in [1.82, 2.24) is 0 Å². The van der Waals surface area contributed by atoms with E-state index in [2.05, 4.69) is 0 Å². The van der Waals surface area contributed by atoms with Gasteiger partial charge in [-0.1, -0.05) is 35.3 Å². The van der Waals surface area contributed by atoms with Gasteiger partial charge in [0.05, 0.1) is 5.02 Å². The molecule has 0 aliphatic rings. The number of carbonyl (C=O) groups excluding carboxylic acids is 1. The van der Waals surface area contributed by atoms with Crippen LogP contribution in [0.3, 0.4) is 0 Å². The Morgan fingerprint density at radius 2 is 1.95 bits per heavy atom. The van der Waals surface area contributed by atoms with Crippen LogP contribution in [0.15, 0.2) is 36.4 Å². The van der Waals surface area contributed by atoms with Gasteiger partial charge in [0, 0.05) is 22.7 Å². The molecule has 19 heavy (non-hydrogen) atoms. The van der Waals surface area contributed by atoms with Crippen molar-refractivity contribution >= 4 is 34.7 Å². The molecule has 2 rings (SSSR count). The molecule has 0 spiro atoms. The summed E-state index contributed by atoms with van der Waals surface area (Å²) in [5, 5.41) is 0.347. The molecule has 0 heterocycles. The van der Waals surface area contributed by atoms with Crippen molar-refractivity contribution in [3.63, 3.8) is 0 Å². The van der Waals surface area contributed by atoms with E-state index in [0.717, 1.165) is 0 Å². The fourth-order valence-corrected chi connectivity index (χ4v) is 2.17. The van der Waals surface area contributed by atoms with E-state index in [1.54, 1.807) is 12.1 Å². The van der Waals surface area contributed by atoms with E-state index < -0.39 is 5.82 Å². The number of carbonyl (C=O) groups is 1. The molecule has 0 aromatic heterocycles. The highest BCUT2D eigenvalue weighted by atomic mass is 35.5. The molecule has 0 bridgehead atoms. The Balaban J connectivity index is 2.28. The predicted molar refractivity (Wildman–Crippen MR) is 75.3 cm³/mol. The molecule has 2 aromatic carbocycles. The average Bonchev–Trinajstić information content (AvgIpc) is 2.33. The topological polar surface area (TPSA) is 43.1 Å². The van der Waals surface area contributed by atoms with E-state index in [1.165, 1.54) is 24.3 Å². The van der Waals surface area contributed by atoms with Gasteiger partial charge >= 0.3 is 0 Å². The molecule has 0 unspecified atom stereocenters. The largest absolute Gasteiger partial charge is 0.399 e. The summed E-state index contributed by atoms with van der Waals surface area (Å²) in [5.74, 6) is -0.765. The van der Waals surface area contributed by atoms with Gasteiger partial charge in [-0.2, -0.15) is 0 Å². The standard InChI is InChI=1S/C14H10Cl2FNO/c15-10-4-9(5-11(18)7-10)13(19)6-8-2-1-3-12(17)14(8)16/h1-5,7H,6,18H2. The lowest BCUT2D eigenvalue weighted by Gasteiger charge is -2.06. The van der Waals surface area contributed by atoms with Crippen LogP contribution in [0.2, 0.25) is 10.0 Å². The summed E-state index contributed by atoms with van der Waals surface area (Å²) >= 11 is 11.6. The third-order valence-electron chi connectivity index (χ3n) is 2.62. The van der Waals surface area contributed by atoms with E-state index in [9.17, 15) is 9.18 Å². The summed E-state index contributed by atoms with van der Waals surface area (Å²) in [6.07, 6.45) is -0.00360. The Kier molecular flexibility index (Phi) is 4.08. The van der Waals surface area contributed by atoms with Gasteiger partial charge in [-0.25, -0.2) is 4.39 Å². The molecule has 98 valence electrons. The summed E-state index contributed by atoms with van der Waals surface area (Å²) in [4.78, 5) is 12.1. The number of ketones is 1. The van der Waals surface area contributed by atoms with Crippen LogP contribution in [0, 0.1) is 5.82 Å². The lowest BCUT2D eigenvalue weighted by atomic mass is 10.0. The molecule has 0 aliphatic carbocycles. The van der Waals surface area contributed by atoms with Crippen LogP contribution in [0.5, 0.6) is 0 Å². The van der Waals surface area contributed by atoms with Crippen molar-refractivity contribution in [3.05, 3.63) is 63.4 Å². The smallest absolute Gasteiger partial charge is 0.167 e. The van der Waals surface area contributed by atoms with Gasteiger partial charge < -0.3 is 5.73 Å². The first-order valence-corrected chi connectivity index (χ1v) is 6.25. The fraction of sp³-hybridized carbons (Fsp3) is 0.0714. The van der Waals surface area contributed by atoms with Crippen LogP contribution < -0.4 is 5.73 Å². The molecule has 0 radical (unpaired) electrons. The number of anilines is 1. The van der Waals surface area contributed by atoms with Crippen molar-refractivity contribution in [1.29, 1.82) is 0 Å². The molecule has 0 aliphatic heterocycles. The monoisotopic (exact) mass is 297 g/mol. The second kappa shape index (κ2) is 5.59. The second-order valence-corrected chi connectivity index (χ2v) is 4.90. The first kappa shape index (κ1) is 13.8. The molecule has 0 amide bonds. The molecule has 2 nitrogen and oxygen atoms in total. The van der Waals surface area contributed by atoms with Crippen LogP contribution in [-0.4, -0.2) is 5.78 Å². The highest BCUT2D eigenvalue weighted by Crippen LogP contribution is 2.23. The SMILES string of the molecule is Nc1cc(Cl)cc(C(=O)Cc2cccc(F)c2Cl)c1. The summed E-state index contributed by atoms with van der Waals surface area (Å²) in [6, 6.07) is 8.96. The van der Waals surface area contributed by atoms with Crippen molar-refractivity contribution < 1.29 is 9.18 Å². The zero-order chi connectivity index (χ0) is 14.0. The molecule has 0 saturated carbocycles. The summed E-state index contributed by atoms with van der Waals surface area (Å²) < 4.78 is 13.3. The van der Waals surface area contributed by atoms with Gasteiger partial charge in [0.2, 0.25) is 0 Å². The molecule has 2 aromatic rings. The van der Waals surface area contributed by atoms with Crippen LogP contribution in [0.4, 0.5) is 10.1 Å². The molecule has 0 atom stereocenters. The quantitative estimate of drug-likeness (QED) is 0.683. The highest BCUT2D eigenvalue weighted by Gasteiger charge is 2.13. The van der Waals surface area contributed by atoms with Gasteiger partial charge in [-0.05, 0) is 29.8 Å². The number of nitrogens with two attached hydrogens (primary N) is 1. The Morgan fingerprint density at radius 3 is 2.63 bits per heavy atom. The first-order chi connectivity index (χ1) is 8.97. The number of hydrogen-bond donors (Lipinski definition) is 1. The van der Waals surface area contributed by atoms with Gasteiger partial charge in [-0.15, -0.1) is 0 Å². The zero-order valence-corrected chi connectivity index (χ0v) is 11.3. The minimum absolute atomic E-state index is 0.00360. The number of nitrogen functional groups attached to an aromatic ring is 1. The number of benzene rings is 2. The van der Waals surface area contributed by atoms with Gasteiger partial charge in [0.15, 0.2) is 5.78 Å². The van der Waals surface area contributed by atoms with Crippen molar-refractivity contribution in [2.24, 2.45) is 0 Å². The zero-order valence-electron chi connectivity index (χ0n) is 9.79. The normalized spacial score (nSPS) is 10.5. The van der Waals surface area contributed by atoms with E-state index in [-0.39, 0.29) is 17.2 Å². The van der Waals surface area contributed by atoms with Crippen LogP contribution >= 0.6 is 23.2 Å². The second-order valence-electron chi connectivity index (χ2n) is 4.09. The Labute approximate surface area is 119 Å². The van der Waals surface area contributed by atoms with Crippen molar-refractivity contribution in [2.75, 3.05) is 5.73 Å². The Bertz CT molecular complexity index is 623. The molecule has 2 N–H and O–H groups in total. The third kappa shape index (κ3) is 3.25. The van der Waals surface area contributed by atoms with Gasteiger partial charge in [0.25, 0.3) is 0 Å². The fourth-order valence-electron chi connectivity index (χ4n) is 1.73. The number of rotatable bonds is 3. The van der Waals surface area contributed by atoms with Crippen LogP contribution in [0.25, 0.3) is 0 Å². The number of Topliss-reactive ketones (excluding diaryl/α,β-unsaturated/α-hetero) is 1. The Hall–Kier alpha value is -1.58. The van der Waals surface area contributed by atoms with E-state index in [1.807, 2.05) is 0 Å². The maximum atomic E-state index is 13.3. The summed E-state index contributed by atoms with van der Waals surface area (Å²) in [7, 11) is 0. The van der Waals surface area contributed by atoms with E-state index in [0.29, 0.717) is 21.8 Å². The average molecular weight is 298 g/mol. The predicted octanol–water partition coefficient (Wildman–Crippen LogP) is 4.14. The molecule has 0 fully saturated rings. The Morgan fingerprint density at radius 1 is 1.21 bits per heavy atom. The maximum absolute atomic E-state index is 13.3. The maximum Gasteiger partial charge on any atom is 0.167 e.